The van der Waals surface area contributed by atoms with Crippen molar-refractivity contribution < 1.29 is 13.9 Å². The number of hydrogen-bond acceptors (Lipinski definition) is 6. The van der Waals surface area contributed by atoms with E-state index in [0.29, 0.717) is 44.2 Å². The number of aromatic nitrogens is 2. The van der Waals surface area contributed by atoms with Crippen molar-refractivity contribution in [3.8, 4) is 0 Å². The van der Waals surface area contributed by atoms with Gasteiger partial charge in [-0.1, -0.05) is 18.2 Å². The molecule has 5 rings (SSSR count). The Labute approximate surface area is 196 Å². The van der Waals surface area contributed by atoms with Gasteiger partial charge in [0, 0.05) is 48.7 Å². The van der Waals surface area contributed by atoms with Crippen LogP contribution in [-0.4, -0.2) is 54.1 Å². The van der Waals surface area contributed by atoms with Gasteiger partial charge in [-0.25, -0.2) is 4.98 Å². The fraction of sp³-hybridized carbons (Fsp3) is 0.269. The molecule has 1 aliphatic heterocycles. The van der Waals surface area contributed by atoms with Crippen molar-refractivity contribution in [2.24, 2.45) is 0 Å². The number of amides is 1. The fourth-order valence-electron chi connectivity index (χ4n) is 4.19. The molecule has 0 spiro atoms. The summed E-state index contributed by atoms with van der Waals surface area (Å²) in [6.45, 7) is 4.93. The molecule has 8 nitrogen and oxygen atoms in total. The van der Waals surface area contributed by atoms with Crippen molar-refractivity contribution in [3.63, 3.8) is 0 Å². The van der Waals surface area contributed by atoms with Crippen LogP contribution >= 0.6 is 0 Å². The van der Waals surface area contributed by atoms with Crippen molar-refractivity contribution in [1.29, 1.82) is 0 Å². The second-order valence-corrected chi connectivity index (χ2v) is 8.46. The molecule has 174 valence electrons. The van der Waals surface area contributed by atoms with E-state index in [9.17, 15) is 9.59 Å². The average molecular weight is 459 g/mol. The molecule has 1 saturated heterocycles. The van der Waals surface area contributed by atoms with Crippen LogP contribution in [0, 0.1) is 6.92 Å². The summed E-state index contributed by atoms with van der Waals surface area (Å²) in [5, 5.41) is 1.87. The summed E-state index contributed by atoms with van der Waals surface area (Å²) >= 11 is 0. The van der Waals surface area contributed by atoms with Gasteiger partial charge >= 0.3 is 0 Å². The van der Waals surface area contributed by atoms with Gasteiger partial charge in [-0.05, 0) is 36.8 Å². The van der Waals surface area contributed by atoms with Crippen molar-refractivity contribution in [2.45, 2.75) is 13.5 Å². The first-order valence-corrected chi connectivity index (χ1v) is 11.3. The van der Waals surface area contributed by atoms with E-state index in [4.69, 9.17) is 9.15 Å². The molecule has 0 saturated carbocycles. The molecule has 0 unspecified atom stereocenters. The number of likely N-dealkylation sites (N-methyl/N-ethyl adjacent to an activating group) is 1. The molecular formula is C26H26N4O4. The van der Waals surface area contributed by atoms with E-state index in [2.05, 4.69) is 9.97 Å². The number of carbonyl (C=O) groups excluding carboxylic acids is 1. The fourth-order valence-corrected chi connectivity index (χ4v) is 4.19. The number of fused-ring (bicyclic) bond motifs is 2. The predicted molar refractivity (Wildman–Crippen MR) is 132 cm³/mol. The van der Waals surface area contributed by atoms with Gasteiger partial charge < -0.3 is 23.9 Å². The lowest BCUT2D eigenvalue weighted by Crippen LogP contribution is -2.39. The monoisotopic (exact) mass is 458 g/mol. The maximum atomic E-state index is 12.7. The molecule has 8 heteroatoms. The molecule has 4 aromatic rings. The third-order valence-corrected chi connectivity index (χ3v) is 6.16. The van der Waals surface area contributed by atoms with E-state index in [1.165, 1.54) is 6.08 Å². The molecule has 34 heavy (non-hydrogen) atoms. The van der Waals surface area contributed by atoms with Crippen LogP contribution in [0.15, 0.2) is 57.9 Å². The maximum absolute atomic E-state index is 12.7. The van der Waals surface area contributed by atoms with E-state index < -0.39 is 0 Å². The summed E-state index contributed by atoms with van der Waals surface area (Å²) in [4.78, 5) is 36.1. The average Bonchev–Trinajstić information content (AvgIpc) is 3.17. The van der Waals surface area contributed by atoms with Crippen LogP contribution in [0.4, 0.5) is 5.69 Å². The van der Waals surface area contributed by atoms with E-state index in [1.807, 2.05) is 48.2 Å². The zero-order valence-electron chi connectivity index (χ0n) is 19.2. The van der Waals surface area contributed by atoms with Crippen LogP contribution < -0.4 is 10.5 Å². The summed E-state index contributed by atoms with van der Waals surface area (Å²) in [6, 6.07) is 11.6. The zero-order chi connectivity index (χ0) is 23.7. The van der Waals surface area contributed by atoms with Gasteiger partial charge in [0.05, 0.1) is 19.8 Å². The van der Waals surface area contributed by atoms with E-state index in [-0.39, 0.29) is 11.5 Å². The van der Waals surface area contributed by atoms with Crippen molar-refractivity contribution in [3.05, 3.63) is 75.9 Å². The first-order chi connectivity index (χ1) is 16.5. The number of nitrogens with zero attached hydrogens (tertiary/aromatic N) is 3. The number of para-hydroxylation sites is 1. The second kappa shape index (κ2) is 9.15. The molecule has 0 radical (unpaired) electrons. The van der Waals surface area contributed by atoms with Crippen LogP contribution in [0.2, 0.25) is 0 Å². The third-order valence-electron chi connectivity index (χ3n) is 6.16. The Bertz CT molecular complexity index is 1450. The summed E-state index contributed by atoms with van der Waals surface area (Å²) in [7, 11) is 1.75. The van der Waals surface area contributed by atoms with Gasteiger partial charge in [0.1, 0.15) is 22.7 Å². The van der Waals surface area contributed by atoms with E-state index in [0.717, 1.165) is 33.2 Å². The standard InChI is InChI=1S/C26H26N4O4/c1-17-20-5-3-4-6-22(20)34-23(17)16-29(2)24(31)8-7-18-13-19-14-21(30-9-11-33-12-10-30)26(32)28-25(19)27-15-18/h3-8,13-15H,9-12,16H2,1-2H3,(H,27,28,32)/b8-7+. The molecule has 0 atom stereocenters. The normalized spacial score (nSPS) is 14.4. The first kappa shape index (κ1) is 21.9. The van der Waals surface area contributed by atoms with Crippen LogP contribution in [-0.2, 0) is 16.1 Å². The Morgan fingerprint density at radius 1 is 1.24 bits per heavy atom. The number of pyridine rings is 2. The van der Waals surface area contributed by atoms with Gasteiger partial charge in [0.15, 0.2) is 0 Å². The minimum Gasteiger partial charge on any atom is -0.459 e. The molecule has 1 aliphatic rings. The number of furan rings is 1. The first-order valence-electron chi connectivity index (χ1n) is 11.3. The Morgan fingerprint density at radius 3 is 2.82 bits per heavy atom. The molecule has 0 bridgehead atoms. The number of aryl methyl sites for hydroxylation is 1. The number of anilines is 1. The van der Waals surface area contributed by atoms with Gasteiger partial charge in [0.25, 0.3) is 5.56 Å². The molecule has 0 aliphatic carbocycles. The Hall–Kier alpha value is -3.91. The number of H-pyrrole nitrogens is 1. The third kappa shape index (κ3) is 4.32. The van der Waals surface area contributed by atoms with E-state index >= 15 is 0 Å². The lowest BCUT2D eigenvalue weighted by Gasteiger charge is -2.28. The van der Waals surface area contributed by atoms with Gasteiger partial charge in [0.2, 0.25) is 5.91 Å². The lowest BCUT2D eigenvalue weighted by atomic mass is 10.1. The highest BCUT2D eigenvalue weighted by atomic mass is 16.5. The minimum atomic E-state index is -0.164. The number of morpholine rings is 1. The van der Waals surface area contributed by atoms with Gasteiger partial charge in [-0.3, -0.25) is 9.59 Å². The Morgan fingerprint density at radius 2 is 2.03 bits per heavy atom. The van der Waals surface area contributed by atoms with Crippen LogP contribution in [0.1, 0.15) is 16.9 Å². The molecule has 1 N–H and O–H groups in total. The summed E-state index contributed by atoms with van der Waals surface area (Å²) < 4.78 is 11.3. The molecular weight excluding hydrogens is 432 g/mol. The summed E-state index contributed by atoms with van der Waals surface area (Å²) in [5.41, 5.74) is 3.60. The smallest absolute Gasteiger partial charge is 0.273 e. The number of hydrogen-bond donors (Lipinski definition) is 1. The largest absolute Gasteiger partial charge is 0.459 e. The number of nitrogens with one attached hydrogen (secondary N) is 1. The van der Waals surface area contributed by atoms with Crippen molar-refractivity contribution in [2.75, 3.05) is 38.3 Å². The molecule has 4 heterocycles. The van der Waals surface area contributed by atoms with Crippen LogP contribution in [0.5, 0.6) is 0 Å². The predicted octanol–water partition coefficient (Wildman–Crippen LogP) is 3.49. The van der Waals surface area contributed by atoms with Crippen LogP contribution in [0.3, 0.4) is 0 Å². The highest BCUT2D eigenvalue weighted by Crippen LogP contribution is 2.26. The topological polar surface area (TPSA) is 91.7 Å². The SMILES string of the molecule is Cc1c(CN(C)C(=O)/C=C/c2cnc3[nH]c(=O)c(N4CCOCC4)cc3c2)oc2ccccc12. The number of carbonyl (C=O) groups is 1. The zero-order valence-corrected chi connectivity index (χ0v) is 19.2. The van der Waals surface area contributed by atoms with Crippen molar-refractivity contribution in [1.82, 2.24) is 14.9 Å². The highest BCUT2D eigenvalue weighted by molar-refractivity contribution is 5.92. The van der Waals surface area contributed by atoms with Crippen LogP contribution in [0.25, 0.3) is 28.1 Å². The van der Waals surface area contributed by atoms with Crippen molar-refractivity contribution >= 4 is 39.7 Å². The second-order valence-electron chi connectivity index (χ2n) is 8.46. The Balaban J connectivity index is 1.33. The lowest BCUT2D eigenvalue weighted by molar-refractivity contribution is -0.125. The summed E-state index contributed by atoms with van der Waals surface area (Å²) in [5.74, 6) is 0.632. The summed E-state index contributed by atoms with van der Waals surface area (Å²) in [6.07, 6.45) is 4.89. The highest BCUT2D eigenvalue weighted by Gasteiger charge is 2.16. The number of benzene rings is 1. The Kier molecular flexibility index (Phi) is 5.90. The number of ether oxygens (including phenoxy) is 1. The molecule has 1 aromatic carbocycles. The van der Waals surface area contributed by atoms with Gasteiger partial charge in [-0.15, -0.1) is 0 Å². The van der Waals surface area contributed by atoms with E-state index in [1.54, 1.807) is 24.2 Å². The minimum absolute atomic E-state index is 0.143. The maximum Gasteiger partial charge on any atom is 0.273 e. The quantitative estimate of drug-likeness (QED) is 0.461. The molecule has 3 aromatic heterocycles. The number of rotatable bonds is 5. The molecule has 1 fully saturated rings. The molecule has 1 amide bonds. The number of aromatic amines is 1. The van der Waals surface area contributed by atoms with Gasteiger partial charge in [-0.2, -0.15) is 0 Å².